The van der Waals surface area contributed by atoms with Crippen LogP contribution in [0.25, 0.3) is 0 Å². The van der Waals surface area contributed by atoms with E-state index in [9.17, 15) is 9.59 Å². The fraction of sp³-hybridized carbons (Fsp3) is 0.263. The van der Waals surface area contributed by atoms with Crippen LogP contribution in [0.5, 0.6) is 17.2 Å². The van der Waals surface area contributed by atoms with E-state index >= 15 is 0 Å². The van der Waals surface area contributed by atoms with Crippen LogP contribution in [0.15, 0.2) is 42.5 Å². The number of para-hydroxylation sites is 2. The molecule has 0 bridgehead atoms. The lowest BCUT2D eigenvalue weighted by atomic mass is 10.1. The minimum absolute atomic E-state index is 0.212. The van der Waals surface area contributed by atoms with Crippen molar-refractivity contribution >= 4 is 11.8 Å². The number of nitrogens with one attached hydrogen (secondary N) is 2. The van der Waals surface area contributed by atoms with Gasteiger partial charge < -0.3 is 14.2 Å². The number of carbonyl (C=O) groups is 2. The lowest BCUT2D eigenvalue weighted by Gasteiger charge is -2.11. The first-order chi connectivity index (χ1) is 12.5. The van der Waals surface area contributed by atoms with Crippen molar-refractivity contribution in [1.82, 2.24) is 10.9 Å². The average molecular weight is 358 g/mol. The third-order valence-corrected chi connectivity index (χ3v) is 3.33. The van der Waals surface area contributed by atoms with Gasteiger partial charge in [0.15, 0.2) is 24.7 Å². The number of hydrazine groups is 1. The normalized spacial score (nSPS) is 9.96. The molecule has 2 aromatic rings. The van der Waals surface area contributed by atoms with Crippen LogP contribution < -0.4 is 25.1 Å². The third-order valence-electron chi connectivity index (χ3n) is 3.33. The molecule has 0 aliphatic heterocycles. The van der Waals surface area contributed by atoms with Gasteiger partial charge in [0.1, 0.15) is 5.75 Å². The number of hydrogen-bond acceptors (Lipinski definition) is 5. The fourth-order valence-electron chi connectivity index (χ4n) is 2.26. The summed E-state index contributed by atoms with van der Waals surface area (Å²) in [5, 5.41) is 0. The summed E-state index contributed by atoms with van der Waals surface area (Å²) in [6.45, 7) is 3.42. The molecule has 0 saturated heterocycles. The van der Waals surface area contributed by atoms with E-state index in [0.29, 0.717) is 17.2 Å². The molecule has 2 rings (SSSR count). The van der Waals surface area contributed by atoms with Crippen LogP contribution in [0.4, 0.5) is 0 Å². The van der Waals surface area contributed by atoms with Crippen LogP contribution in [0.1, 0.15) is 11.1 Å². The van der Waals surface area contributed by atoms with Gasteiger partial charge in [-0.25, -0.2) is 0 Å². The van der Waals surface area contributed by atoms with Gasteiger partial charge in [0.25, 0.3) is 11.8 Å². The van der Waals surface area contributed by atoms with E-state index in [2.05, 4.69) is 10.9 Å². The molecule has 0 fully saturated rings. The summed E-state index contributed by atoms with van der Waals surface area (Å²) in [5.74, 6) is 0.578. The van der Waals surface area contributed by atoms with Crippen LogP contribution in [0.2, 0.25) is 0 Å². The number of ether oxygens (including phenoxy) is 3. The van der Waals surface area contributed by atoms with Crippen LogP contribution in [0.3, 0.4) is 0 Å². The lowest BCUT2D eigenvalue weighted by molar-refractivity contribution is -0.131. The Morgan fingerprint density at radius 1 is 0.846 bits per heavy atom. The van der Waals surface area contributed by atoms with E-state index in [-0.39, 0.29) is 13.2 Å². The molecule has 0 heterocycles. The number of methoxy groups -OCH3 is 1. The van der Waals surface area contributed by atoms with Crippen molar-refractivity contribution in [1.29, 1.82) is 0 Å². The number of benzene rings is 2. The van der Waals surface area contributed by atoms with Crippen molar-refractivity contribution < 1.29 is 23.8 Å². The molecule has 138 valence electrons. The highest BCUT2D eigenvalue weighted by molar-refractivity contribution is 5.83. The van der Waals surface area contributed by atoms with Gasteiger partial charge >= 0.3 is 0 Å². The molecule has 2 N–H and O–H groups in total. The maximum atomic E-state index is 11.8. The van der Waals surface area contributed by atoms with Crippen LogP contribution in [0, 0.1) is 13.8 Å². The van der Waals surface area contributed by atoms with Crippen molar-refractivity contribution in [3.63, 3.8) is 0 Å². The number of hydrogen-bond donors (Lipinski definition) is 2. The van der Waals surface area contributed by atoms with Gasteiger partial charge in [-0.05, 0) is 49.2 Å². The predicted molar refractivity (Wildman–Crippen MR) is 96.2 cm³/mol. The zero-order chi connectivity index (χ0) is 18.9. The highest BCUT2D eigenvalue weighted by atomic mass is 16.5. The molecule has 0 atom stereocenters. The Kier molecular flexibility index (Phi) is 6.84. The predicted octanol–water partition coefficient (Wildman–Crippen LogP) is 1.92. The van der Waals surface area contributed by atoms with Gasteiger partial charge in [0.05, 0.1) is 7.11 Å². The van der Waals surface area contributed by atoms with Gasteiger partial charge in [-0.2, -0.15) is 0 Å². The first-order valence-corrected chi connectivity index (χ1v) is 8.02. The van der Waals surface area contributed by atoms with E-state index in [1.54, 1.807) is 24.3 Å². The van der Waals surface area contributed by atoms with Crippen molar-refractivity contribution in [3.8, 4) is 17.2 Å². The van der Waals surface area contributed by atoms with E-state index in [1.165, 1.54) is 7.11 Å². The quantitative estimate of drug-likeness (QED) is 0.739. The second-order valence-corrected chi connectivity index (χ2v) is 5.65. The summed E-state index contributed by atoms with van der Waals surface area (Å²) in [6, 6.07) is 12.6. The third kappa shape index (κ3) is 6.01. The highest BCUT2D eigenvalue weighted by Crippen LogP contribution is 2.25. The highest BCUT2D eigenvalue weighted by Gasteiger charge is 2.09. The number of amides is 2. The molecular formula is C19H22N2O5. The van der Waals surface area contributed by atoms with Crippen molar-refractivity contribution in [2.24, 2.45) is 0 Å². The maximum absolute atomic E-state index is 11.8. The van der Waals surface area contributed by atoms with E-state index in [0.717, 1.165) is 11.1 Å². The largest absolute Gasteiger partial charge is 0.493 e. The van der Waals surface area contributed by atoms with Gasteiger partial charge in [0, 0.05) is 0 Å². The van der Waals surface area contributed by atoms with E-state index in [1.807, 2.05) is 32.0 Å². The second-order valence-electron chi connectivity index (χ2n) is 5.65. The van der Waals surface area contributed by atoms with Crippen LogP contribution in [-0.2, 0) is 9.59 Å². The zero-order valence-corrected chi connectivity index (χ0v) is 15.0. The van der Waals surface area contributed by atoms with Crippen molar-refractivity contribution in [3.05, 3.63) is 53.6 Å². The Labute approximate surface area is 152 Å². The van der Waals surface area contributed by atoms with Crippen molar-refractivity contribution in [2.45, 2.75) is 13.8 Å². The Morgan fingerprint density at radius 3 is 1.96 bits per heavy atom. The summed E-state index contributed by atoms with van der Waals surface area (Å²) in [4.78, 5) is 23.5. The van der Waals surface area contributed by atoms with E-state index in [4.69, 9.17) is 14.2 Å². The summed E-state index contributed by atoms with van der Waals surface area (Å²) in [5.41, 5.74) is 6.62. The molecule has 2 aromatic carbocycles. The first kappa shape index (κ1) is 19.1. The minimum atomic E-state index is -0.504. The van der Waals surface area contributed by atoms with Gasteiger partial charge in [0.2, 0.25) is 0 Å². The molecular weight excluding hydrogens is 336 g/mol. The Balaban J connectivity index is 1.72. The molecule has 0 spiro atoms. The summed E-state index contributed by atoms with van der Waals surface area (Å²) < 4.78 is 15.9. The Hall–Kier alpha value is -3.22. The van der Waals surface area contributed by atoms with E-state index < -0.39 is 11.8 Å². The van der Waals surface area contributed by atoms with Gasteiger partial charge in [-0.15, -0.1) is 0 Å². The summed E-state index contributed by atoms with van der Waals surface area (Å²) >= 11 is 0. The molecule has 0 aliphatic rings. The monoisotopic (exact) mass is 358 g/mol. The molecule has 0 aliphatic carbocycles. The summed E-state index contributed by atoms with van der Waals surface area (Å²) in [7, 11) is 1.51. The SMILES string of the molecule is COc1ccccc1OCC(=O)NNC(=O)COc1cc(C)cc(C)c1. The van der Waals surface area contributed by atoms with Crippen LogP contribution in [-0.4, -0.2) is 32.1 Å². The lowest BCUT2D eigenvalue weighted by Crippen LogP contribution is -2.45. The summed E-state index contributed by atoms with van der Waals surface area (Å²) in [6.07, 6.45) is 0. The molecule has 7 heteroatoms. The molecule has 0 radical (unpaired) electrons. The number of aryl methyl sites for hydroxylation is 2. The molecule has 7 nitrogen and oxygen atoms in total. The number of carbonyl (C=O) groups excluding carboxylic acids is 2. The molecule has 0 unspecified atom stereocenters. The average Bonchev–Trinajstić information content (AvgIpc) is 2.62. The maximum Gasteiger partial charge on any atom is 0.276 e. The topological polar surface area (TPSA) is 85.9 Å². The molecule has 0 saturated carbocycles. The minimum Gasteiger partial charge on any atom is -0.493 e. The molecule has 0 aromatic heterocycles. The van der Waals surface area contributed by atoms with Crippen LogP contribution >= 0.6 is 0 Å². The first-order valence-electron chi connectivity index (χ1n) is 8.02. The van der Waals surface area contributed by atoms with Gasteiger partial charge in [-0.3, -0.25) is 20.4 Å². The van der Waals surface area contributed by atoms with Gasteiger partial charge in [-0.1, -0.05) is 18.2 Å². The Bertz CT molecular complexity index is 756. The zero-order valence-electron chi connectivity index (χ0n) is 15.0. The second kappa shape index (κ2) is 9.31. The smallest absolute Gasteiger partial charge is 0.276 e. The molecule has 26 heavy (non-hydrogen) atoms. The molecule has 2 amide bonds. The standard InChI is InChI=1S/C19H22N2O5/c1-13-8-14(2)10-15(9-13)25-11-18(22)20-21-19(23)12-26-17-7-5-4-6-16(17)24-3/h4-10H,11-12H2,1-3H3,(H,20,22)(H,21,23). The number of rotatable bonds is 7. The van der Waals surface area contributed by atoms with Crippen molar-refractivity contribution in [2.75, 3.05) is 20.3 Å². The Morgan fingerprint density at radius 2 is 1.38 bits per heavy atom. The fourth-order valence-corrected chi connectivity index (χ4v) is 2.26.